The van der Waals surface area contributed by atoms with Gasteiger partial charge >= 0.3 is 6.03 Å². The van der Waals surface area contributed by atoms with Gasteiger partial charge in [0.05, 0.1) is 17.7 Å². The van der Waals surface area contributed by atoms with Gasteiger partial charge < -0.3 is 14.2 Å². The van der Waals surface area contributed by atoms with E-state index in [0.717, 1.165) is 28.2 Å². The molecule has 1 aliphatic rings. The largest absolute Gasteiger partial charge is 0.493 e. The zero-order valence-electron chi connectivity index (χ0n) is 23.2. The lowest BCUT2D eigenvalue weighted by Crippen LogP contribution is -2.54. The molecule has 222 valence electrons. The number of amides is 4. The minimum Gasteiger partial charge on any atom is -0.493 e. The lowest BCUT2D eigenvalue weighted by molar-refractivity contribution is -0.384. The van der Waals surface area contributed by atoms with Gasteiger partial charge in [0.1, 0.15) is 24.5 Å². The van der Waals surface area contributed by atoms with Crippen LogP contribution < -0.4 is 24.4 Å². The summed E-state index contributed by atoms with van der Waals surface area (Å²) in [6, 6.07) is 23.6. The average Bonchev–Trinajstić information content (AvgIpc) is 3.02. The van der Waals surface area contributed by atoms with Gasteiger partial charge in [0.2, 0.25) is 0 Å². The summed E-state index contributed by atoms with van der Waals surface area (Å²) in [5.74, 6) is -0.453. The van der Waals surface area contributed by atoms with Crippen molar-refractivity contribution < 1.29 is 33.5 Å². The molecule has 12 heteroatoms. The summed E-state index contributed by atoms with van der Waals surface area (Å²) in [6.45, 7) is 0.468. The molecule has 1 heterocycles. The van der Waals surface area contributed by atoms with E-state index >= 15 is 0 Å². The van der Waals surface area contributed by atoms with Crippen molar-refractivity contribution in [3.05, 3.63) is 128 Å². The molecular weight excluding hydrogens is 590 g/mol. The second kappa shape index (κ2) is 13.1. The second-order valence-electron chi connectivity index (χ2n) is 9.46. The van der Waals surface area contributed by atoms with Gasteiger partial charge in [0.15, 0.2) is 11.5 Å². The fraction of sp³-hybridized carbons (Fsp3) is 0.0938. The van der Waals surface area contributed by atoms with Crippen molar-refractivity contribution in [1.29, 1.82) is 0 Å². The Morgan fingerprint density at radius 1 is 0.841 bits per heavy atom. The number of carbonyl (C=O) groups excluding carboxylic acids is 3. The number of hydrogen-bond donors (Lipinski definition) is 1. The first-order valence-electron chi connectivity index (χ1n) is 13.2. The second-order valence-corrected chi connectivity index (χ2v) is 9.90. The van der Waals surface area contributed by atoms with Crippen molar-refractivity contribution >= 4 is 46.9 Å². The number of non-ortho nitro benzene ring substituents is 1. The van der Waals surface area contributed by atoms with E-state index in [1.165, 1.54) is 31.4 Å². The number of urea groups is 1. The maximum Gasteiger partial charge on any atom is 0.335 e. The Hall–Kier alpha value is -5.68. The molecule has 1 aliphatic heterocycles. The van der Waals surface area contributed by atoms with Crippen LogP contribution in [0.1, 0.15) is 16.7 Å². The molecular formula is C32H24ClN3O8. The normalized spacial score (nSPS) is 13.9. The molecule has 44 heavy (non-hydrogen) atoms. The van der Waals surface area contributed by atoms with Crippen molar-refractivity contribution in [1.82, 2.24) is 5.32 Å². The molecule has 0 unspecified atom stereocenters. The fourth-order valence-corrected chi connectivity index (χ4v) is 4.53. The number of benzene rings is 4. The van der Waals surface area contributed by atoms with Gasteiger partial charge in [0.25, 0.3) is 17.5 Å². The first kappa shape index (κ1) is 29.8. The van der Waals surface area contributed by atoms with Crippen molar-refractivity contribution in [2.45, 2.75) is 13.2 Å². The van der Waals surface area contributed by atoms with Crippen molar-refractivity contribution in [2.24, 2.45) is 0 Å². The van der Waals surface area contributed by atoms with Crippen LogP contribution in [0.3, 0.4) is 0 Å². The maximum absolute atomic E-state index is 13.3. The monoisotopic (exact) mass is 613 g/mol. The van der Waals surface area contributed by atoms with Crippen LogP contribution in [0.4, 0.5) is 16.2 Å². The third-order valence-electron chi connectivity index (χ3n) is 6.55. The van der Waals surface area contributed by atoms with Crippen LogP contribution in [0.5, 0.6) is 17.2 Å². The Labute approximate surface area is 256 Å². The van der Waals surface area contributed by atoms with Gasteiger partial charge in [-0.1, -0.05) is 48.0 Å². The summed E-state index contributed by atoms with van der Waals surface area (Å²) in [4.78, 5) is 49.7. The predicted octanol–water partition coefficient (Wildman–Crippen LogP) is 6.08. The van der Waals surface area contributed by atoms with E-state index in [-0.39, 0.29) is 23.6 Å². The van der Waals surface area contributed by atoms with Gasteiger partial charge in [0, 0.05) is 22.7 Å². The number of nitrogens with zero attached hydrogens (tertiary/aromatic N) is 2. The summed E-state index contributed by atoms with van der Waals surface area (Å²) in [6.07, 6.45) is 1.27. The molecule has 0 spiro atoms. The number of nitro benzene ring substituents is 1. The molecule has 11 nitrogen and oxygen atoms in total. The summed E-state index contributed by atoms with van der Waals surface area (Å²) >= 11 is 6.22. The quantitative estimate of drug-likeness (QED) is 0.0983. The predicted molar refractivity (Wildman–Crippen MR) is 162 cm³/mol. The van der Waals surface area contributed by atoms with E-state index in [1.807, 2.05) is 36.4 Å². The Morgan fingerprint density at radius 3 is 2.23 bits per heavy atom. The topological polar surface area (TPSA) is 137 Å². The van der Waals surface area contributed by atoms with Crippen LogP contribution in [0.15, 0.2) is 96.6 Å². The van der Waals surface area contributed by atoms with E-state index in [2.05, 4.69) is 5.32 Å². The molecule has 1 N–H and O–H groups in total. The minimum absolute atomic E-state index is 0.0456. The molecule has 0 aliphatic carbocycles. The first-order chi connectivity index (χ1) is 21.2. The molecule has 4 aromatic carbocycles. The number of hydrogen-bond acceptors (Lipinski definition) is 8. The highest BCUT2D eigenvalue weighted by Gasteiger charge is 2.37. The van der Waals surface area contributed by atoms with Gasteiger partial charge in [-0.3, -0.25) is 25.0 Å². The molecule has 0 aromatic heterocycles. The van der Waals surface area contributed by atoms with E-state index in [1.54, 1.807) is 24.3 Å². The number of ether oxygens (including phenoxy) is 3. The number of barbiturate groups is 1. The number of anilines is 1. The number of imide groups is 2. The van der Waals surface area contributed by atoms with E-state index < -0.39 is 22.8 Å². The number of nitro groups is 1. The Balaban J connectivity index is 1.36. The van der Waals surface area contributed by atoms with Crippen LogP contribution in [0, 0.1) is 10.1 Å². The first-order valence-corrected chi connectivity index (χ1v) is 13.5. The summed E-state index contributed by atoms with van der Waals surface area (Å²) in [7, 11) is 1.54. The number of rotatable bonds is 10. The van der Waals surface area contributed by atoms with Gasteiger partial charge in [-0.2, -0.15) is 0 Å². The van der Waals surface area contributed by atoms with E-state index in [9.17, 15) is 24.5 Å². The zero-order valence-corrected chi connectivity index (χ0v) is 23.9. The average molecular weight is 614 g/mol. The summed E-state index contributed by atoms with van der Waals surface area (Å²) < 4.78 is 17.5. The van der Waals surface area contributed by atoms with Crippen LogP contribution in [-0.2, 0) is 22.8 Å². The SMILES string of the molecule is COc1cc(COc2ccc(Cl)cc2/C=C2/C(=O)NC(=O)N(c3ccc([N+](=O)[O-])cc3)C2=O)ccc1OCc1ccccc1. The zero-order chi connectivity index (χ0) is 31.2. The fourth-order valence-electron chi connectivity index (χ4n) is 4.35. The Morgan fingerprint density at radius 2 is 1.52 bits per heavy atom. The van der Waals surface area contributed by atoms with Crippen LogP contribution in [0.2, 0.25) is 5.02 Å². The summed E-state index contributed by atoms with van der Waals surface area (Å²) in [5, 5.41) is 13.4. The minimum atomic E-state index is -0.987. The van der Waals surface area contributed by atoms with Crippen LogP contribution in [0.25, 0.3) is 6.08 Å². The van der Waals surface area contributed by atoms with Crippen molar-refractivity contribution in [3.63, 3.8) is 0 Å². The molecule has 0 saturated carbocycles. The van der Waals surface area contributed by atoms with E-state index in [0.29, 0.717) is 34.4 Å². The Bertz CT molecular complexity index is 1770. The highest BCUT2D eigenvalue weighted by Crippen LogP contribution is 2.32. The molecule has 5 rings (SSSR count). The maximum atomic E-state index is 13.3. The lowest BCUT2D eigenvalue weighted by Gasteiger charge is -2.26. The number of nitrogens with one attached hydrogen (secondary N) is 1. The lowest BCUT2D eigenvalue weighted by atomic mass is 10.1. The number of methoxy groups -OCH3 is 1. The highest BCUT2D eigenvalue weighted by atomic mass is 35.5. The molecule has 4 amide bonds. The third kappa shape index (κ3) is 6.69. The van der Waals surface area contributed by atoms with Crippen molar-refractivity contribution in [2.75, 3.05) is 12.0 Å². The molecule has 1 fully saturated rings. The van der Waals surface area contributed by atoms with Gasteiger partial charge in [-0.15, -0.1) is 0 Å². The highest BCUT2D eigenvalue weighted by molar-refractivity contribution is 6.39. The summed E-state index contributed by atoms with van der Waals surface area (Å²) in [5.41, 5.74) is 1.53. The molecule has 0 radical (unpaired) electrons. The molecule has 0 bridgehead atoms. The smallest absolute Gasteiger partial charge is 0.335 e. The van der Waals surface area contributed by atoms with Gasteiger partial charge in [-0.05, 0) is 59.7 Å². The Kier molecular flexibility index (Phi) is 8.87. The third-order valence-corrected chi connectivity index (χ3v) is 6.79. The molecule has 4 aromatic rings. The molecule has 0 atom stereocenters. The van der Waals surface area contributed by atoms with Gasteiger partial charge in [-0.25, -0.2) is 9.69 Å². The van der Waals surface area contributed by atoms with Crippen molar-refractivity contribution in [3.8, 4) is 17.2 Å². The number of halogens is 1. The molecule has 1 saturated heterocycles. The van der Waals surface area contributed by atoms with Crippen LogP contribution in [-0.4, -0.2) is 29.9 Å². The standard InChI is InChI=1S/C32H24ClN3O8/c1-42-29-15-21(7-13-28(29)44-18-20-5-3-2-4-6-20)19-43-27-14-8-23(33)16-22(27)17-26-30(37)34-32(39)35(31(26)38)24-9-11-25(12-10-24)36(40)41/h2-17H,18-19H2,1H3,(H,34,37,39)/b26-17-. The number of carbonyl (C=O) groups is 3. The van der Waals surface area contributed by atoms with Crippen LogP contribution >= 0.6 is 11.6 Å². The van der Waals surface area contributed by atoms with E-state index in [4.69, 9.17) is 25.8 Å².